The fourth-order valence-electron chi connectivity index (χ4n) is 6.67. The Hall–Kier alpha value is -4.87. The fraction of sp³-hybridized carbons (Fsp3) is 0.375. The Labute approximate surface area is 285 Å². The molecule has 3 aliphatic rings. The summed E-state index contributed by atoms with van der Waals surface area (Å²) >= 11 is 6.09. The molecule has 0 aliphatic carbocycles. The molecule has 2 N–H and O–H groups in total. The Morgan fingerprint density at radius 1 is 1.24 bits per heavy atom. The number of carbonyl (C=O) groups excluding carboxylic acids is 2. The van der Waals surface area contributed by atoms with Crippen LogP contribution in [0.4, 0.5) is 23.2 Å². The van der Waals surface area contributed by atoms with Gasteiger partial charge in [-0.2, -0.15) is 22.7 Å². The Morgan fingerprint density at radius 3 is 2.72 bits per heavy atom. The lowest BCUT2D eigenvalue weighted by Gasteiger charge is -2.41. The molecule has 13 nitrogen and oxygen atoms in total. The van der Waals surface area contributed by atoms with Crippen LogP contribution < -0.4 is 10.9 Å². The maximum atomic E-state index is 16.5. The second-order valence-electron chi connectivity index (χ2n) is 12.1. The highest BCUT2D eigenvalue weighted by Gasteiger charge is 2.56. The number of amides is 2. The van der Waals surface area contributed by atoms with Gasteiger partial charge >= 0.3 is 6.18 Å². The molecule has 50 heavy (non-hydrogen) atoms. The van der Waals surface area contributed by atoms with Crippen LogP contribution in [0.3, 0.4) is 0 Å². The molecule has 0 radical (unpaired) electrons. The standard InChI is InChI=1S/C32H28ClF4N7O6/c1-16-26-24(31(50-16)8-10-42(14-22(31)34)29(48)25-21(45)3-2-9-38-25)28(47)44-30(40-27(41-44)17-6-11-49-12-7-17)43(26)15-23(46)39-20-5-4-18(13-19(20)33)32(35,36)37/h2-6,9,13,16,22,45H,7-8,10-12,14-15H2,1H3,(H,39,46)/t16-,22+,31-/m0/s1. The molecule has 1 saturated heterocycles. The summed E-state index contributed by atoms with van der Waals surface area (Å²) in [4.78, 5) is 50.6. The van der Waals surface area contributed by atoms with Crippen LogP contribution in [0.2, 0.25) is 5.02 Å². The summed E-state index contributed by atoms with van der Waals surface area (Å²) in [5, 5.41) is 16.7. The number of nitrogens with one attached hydrogen (secondary N) is 1. The Balaban J connectivity index is 1.29. The first kappa shape index (κ1) is 33.6. The minimum Gasteiger partial charge on any atom is -0.505 e. The van der Waals surface area contributed by atoms with Crippen molar-refractivity contribution in [1.82, 2.24) is 29.0 Å². The number of ether oxygens (including phenoxy) is 2. The number of piperidine rings is 1. The minimum absolute atomic E-state index is 0.0500. The number of benzene rings is 1. The second kappa shape index (κ2) is 12.5. The van der Waals surface area contributed by atoms with E-state index in [0.717, 1.165) is 16.6 Å². The first-order valence-electron chi connectivity index (χ1n) is 15.5. The number of halogens is 5. The third kappa shape index (κ3) is 5.68. The lowest BCUT2D eigenvalue weighted by atomic mass is 9.83. The zero-order chi connectivity index (χ0) is 35.5. The van der Waals surface area contributed by atoms with Crippen molar-refractivity contribution in [2.75, 3.05) is 31.6 Å². The van der Waals surface area contributed by atoms with Gasteiger partial charge < -0.3 is 29.4 Å². The van der Waals surface area contributed by atoms with Crippen molar-refractivity contribution in [2.24, 2.45) is 0 Å². The van der Waals surface area contributed by atoms with E-state index in [0.29, 0.717) is 31.3 Å². The van der Waals surface area contributed by atoms with Gasteiger partial charge in [-0.3, -0.25) is 14.4 Å². The number of hydrogen-bond acceptors (Lipinski definition) is 9. The largest absolute Gasteiger partial charge is 0.505 e. The number of rotatable bonds is 5. The number of fused-ring (bicyclic) bond motifs is 3. The number of anilines is 1. The van der Waals surface area contributed by atoms with E-state index >= 15 is 4.39 Å². The van der Waals surface area contributed by atoms with Crippen LogP contribution in [0.1, 0.15) is 59.0 Å². The molecular formula is C32H28ClF4N7O6. The zero-order valence-electron chi connectivity index (χ0n) is 26.2. The first-order chi connectivity index (χ1) is 23.8. The highest BCUT2D eigenvalue weighted by Crippen LogP contribution is 2.49. The highest BCUT2D eigenvalue weighted by molar-refractivity contribution is 6.33. The average molecular weight is 718 g/mol. The number of aromatic nitrogens is 5. The van der Waals surface area contributed by atoms with E-state index in [1.165, 1.54) is 27.8 Å². The Bertz CT molecular complexity index is 2140. The summed E-state index contributed by atoms with van der Waals surface area (Å²) in [7, 11) is 0. The van der Waals surface area contributed by atoms with E-state index < -0.39 is 60.1 Å². The van der Waals surface area contributed by atoms with Crippen LogP contribution in [0.5, 0.6) is 5.75 Å². The predicted molar refractivity (Wildman–Crippen MR) is 168 cm³/mol. The van der Waals surface area contributed by atoms with Crippen molar-refractivity contribution < 1.29 is 41.7 Å². The lowest BCUT2D eigenvalue weighted by Crippen LogP contribution is -2.55. The van der Waals surface area contributed by atoms with E-state index in [-0.39, 0.29) is 58.0 Å². The minimum atomic E-state index is -4.65. The molecule has 3 aromatic heterocycles. The van der Waals surface area contributed by atoms with Gasteiger partial charge in [0.15, 0.2) is 17.7 Å². The van der Waals surface area contributed by atoms with Crippen LogP contribution in [0.15, 0.2) is 47.4 Å². The summed E-state index contributed by atoms with van der Waals surface area (Å²) in [5.74, 6) is -1.67. The topological polar surface area (TPSA) is 153 Å². The third-order valence-electron chi connectivity index (χ3n) is 9.02. The molecule has 3 aliphatic heterocycles. The number of alkyl halides is 4. The maximum absolute atomic E-state index is 16.5. The molecule has 7 rings (SSSR count). The first-order valence-corrected chi connectivity index (χ1v) is 15.9. The van der Waals surface area contributed by atoms with Gasteiger partial charge in [-0.1, -0.05) is 17.7 Å². The molecule has 18 heteroatoms. The normalized spacial score (nSPS) is 22.1. The van der Waals surface area contributed by atoms with Gasteiger partial charge in [0.05, 0.1) is 53.4 Å². The van der Waals surface area contributed by atoms with Crippen molar-refractivity contribution in [2.45, 2.75) is 50.4 Å². The molecule has 0 bridgehead atoms. The molecule has 0 unspecified atom stereocenters. The molecule has 1 aromatic carbocycles. The van der Waals surface area contributed by atoms with Gasteiger partial charge in [0, 0.05) is 19.2 Å². The lowest BCUT2D eigenvalue weighted by molar-refractivity contribution is -0.143. The van der Waals surface area contributed by atoms with Crippen molar-refractivity contribution in [3.8, 4) is 5.75 Å². The molecule has 3 atom stereocenters. The number of pyridine rings is 1. The number of likely N-dealkylation sites (tertiary alicyclic amines) is 1. The SMILES string of the molecule is C[C@@H]1O[C@]2(CCN(C(=O)c3ncccc3O)C[C@H]2F)c2c1n(CC(=O)Nc1ccc(C(F)(F)F)cc1Cl)c1nc(C3=CCOCC3)nn1c2=O. The van der Waals surface area contributed by atoms with E-state index in [2.05, 4.69) is 20.4 Å². The van der Waals surface area contributed by atoms with Crippen molar-refractivity contribution in [3.63, 3.8) is 0 Å². The van der Waals surface area contributed by atoms with Crippen LogP contribution in [-0.2, 0) is 32.6 Å². The molecule has 6 heterocycles. The average Bonchev–Trinajstić information content (AvgIpc) is 3.66. The van der Waals surface area contributed by atoms with Crippen LogP contribution in [0, 0.1) is 0 Å². The number of hydrogen-bond donors (Lipinski definition) is 2. The zero-order valence-corrected chi connectivity index (χ0v) is 27.0. The Morgan fingerprint density at radius 2 is 2.04 bits per heavy atom. The molecule has 1 fully saturated rings. The predicted octanol–water partition coefficient (Wildman–Crippen LogP) is 4.28. The van der Waals surface area contributed by atoms with E-state index in [4.69, 9.17) is 21.1 Å². The third-order valence-corrected chi connectivity index (χ3v) is 9.33. The van der Waals surface area contributed by atoms with Crippen molar-refractivity contribution in [3.05, 3.63) is 86.3 Å². The van der Waals surface area contributed by atoms with Crippen LogP contribution in [0.25, 0.3) is 11.4 Å². The van der Waals surface area contributed by atoms with Crippen molar-refractivity contribution >= 4 is 40.5 Å². The van der Waals surface area contributed by atoms with Gasteiger partial charge in [-0.25, -0.2) is 9.37 Å². The molecule has 1 spiro atoms. The second-order valence-corrected chi connectivity index (χ2v) is 12.5. The van der Waals surface area contributed by atoms with E-state index in [9.17, 15) is 32.7 Å². The van der Waals surface area contributed by atoms with Gasteiger partial charge in [-0.05, 0) is 49.2 Å². The van der Waals surface area contributed by atoms with Gasteiger partial charge in [0.1, 0.15) is 17.9 Å². The van der Waals surface area contributed by atoms with Crippen LogP contribution in [-0.4, -0.2) is 78.4 Å². The molecule has 262 valence electrons. The summed E-state index contributed by atoms with van der Waals surface area (Å²) in [5.41, 5.74) is -3.16. The molecule has 0 saturated carbocycles. The molecule has 4 aromatic rings. The summed E-state index contributed by atoms with van der Waals surface area (Å²) in [6, 6.07) is 5.21. The maximum Gasteiger partial charge on any atom is 0.416 e. The summed E-state index contributed by atoms with van der Waals surface area (Å²) in [6.07, 6.45) is -4.17. The number of nitrogens with zero attached hydrogens (tertiary/aromatic N) is 6. The van der Waals surface area contributed by atoms with E-state index in [1.807, 2.05) is 0 Å². The highest BCUT2D eigenvalue weighted by atomic mass is 35.5. The summed E-state index contributed by atoms with van der Waals surface area (Å²) in [6.45, 7) is 1.17. The smallest absolute Gasteiger partial charge is 0.416 e. The quantitative estimate of drug-likeness (QED) is 0.288. The monoisotopic (exact) mass is 717 g/mol. The van der Waals surface area contributed by atoms with Gasteiger partial charge in [0.2, 0.25) is 11.7 Å². The van der Waals surface area contributed by atoms with Crippen molar-refractivity contribution in [1.29, 1.82) is 0 Å². The van der Waals surface area contributed by atoms with Gasteiger partial charge in [-0.15, -0.1) is 5.10 Å². The Kier molecular flexibility index (Phi) is 8.39. The number of carbonyl (C=O) groups is 2. The molecule has 2 amide bonds. The fourth-order valence-corrected chi connectivity index (χ4v) is 6.90. The van der Waals surface area contributed by atoms with E-state index in [1.54, 1.807) is 13.0 Å². The van der Waals surface area contributed by atoms with Gasteiger partial charge in [0.25, 0.3) is 11.5 Å². The summed E-state index contributed by atoms with van der Waals surface area (Å²) < 4.78 is 70.1. The number of aromatic hydroxyl groups is 1. The molecular weight excluding hydrogens is 690 g/mol. The van der Waals surface area contributed by atoms with Crippen LogP contribution >= 0.6 is 11.6 Å².